The Kier molecular flexibility index (Phi) is 8.35. The lowest BCUT2D eigenvalue weighted by molar-refractivity contribution is 0.0999. The van der Waals surface area contributed by atoms with Crippen molar-refractivity contribution < 1.29 is 17.9 Å². The second-order valence-electron chi connectivity index (χ2n) is 13.2. The number of carbonyl (C=O) groups is 1. The Hall–Kier alpha value is -4.51. The van der Waals surface area contributed by atoms with E-state index in [-0.39, 0.29) is 4.90 Å². The number of benzene rings is 3. The molecule has 1 atom stereocenters. The van der Waals surface area contributed by atoms with E-state index in [9.17, 15) is 13.2 Å². The van der Waals surface area contributed by atoms with Gasteiger partial charge in [-0.3, -0.25) is 4.79 Å². The van der Waals surface area contributed by atoms with Gasteiger partial charge in [-0.25, -0.2) is 17.4 Å². The normalized spacial score (nSPS) is 17.3. The zero-order chi connectivity index (χ0) is 33.7. The van der Waals surface area contributed by atoms with Crippen LogP contribution in [0.3, 0.4) is 0 Å². The van der Waals surface area contributed by atoms with Gasteiger partial charge in [0.1, 0.15) is 0 Å². The number of ether oxygens (including phenoxy) is 1. The van der Waals surface area contributed by atoms with E-state index in [2.05, 4.69) is 35.0 Å². The van der Waals surface area contributed by atoms with Gasteiger partial charge in [-0.2, -0.15) is 0 Å². The first-order valence-corrected chi connectivity index (χ1v) is 17.9. The molecule has 2 aromatic heterocycles. The monoisotopic (exact) mass is 663 g/mol. The van der Waals surface area contributed by atoms with Gasteiger partial charge < -0.3 is 20.3 Å². The van der Waals surface area contributed by atoms with Gasteiger partial charge >= 0.3 is 0 Å². The lowest BCUT2D eigenvalue weighted by Crippen LogP contribution is -2.44. The number of likely N-dealkylation sites (N-methyl/N-ethyl adjacent to an activating group) is 1. The summed E-state index contributed by atoms with van der Waals surface area (Å²) in [4.78, 5) is 22.0. The van der Waals surface area contributed by atoms with Gasteiger partial charge in [0.2, 0.25) is 5.91 Å². The number of amides is 1. The van der Waals surface area contributed by atoms with Crippen molar-refractivity contribution in [1.82, 2.24) is 13.9 Å². The number of carbonyl (C=O) groups excluding carboxylic acids is 1. The molecular formula is C38H41N5O4S. The molecule has 0 spiro atoms. The van der Waals surface area contributed by atoms with Crippen molar-refractivity contribution in [3.63, 3.8) is 0 Å². The molecule has 2 aliphatic rings. The first kappa shape index (κ1) is 32.1. The molecule has 9 nitrogen and oxygen atoms in total. The van der Waals surface area contributed by atoms with Crippen LogP contribution in [-0.4, -0.2) is 74.6 Å². The van der Waals surface area contributed by atoms with Crippen molar-refractivity contribution in [1.29, 1.82) is 0 Å². The average molecular weight is 664 g/mol. The molecule has 1 unspecified atom stereocenters. The van der Waals surface area contributed by atoms with Crippen LogP contribution < -0.4 is 10.6 Å². The molecular weight excluding hydrogens is 623 g/mol. The first-order chi connectivity index (χ1) is 23.0. The zero-order valence-electron chi connectivity index (χ0n) is 27.9. The average Bonchev–Trinajstić information content (AvgIpc) is 3.75. The lowest BCUT2D eigenvalue weighted by atomic mass is 9.91. The molecule has 0 radical (unpaired) electrons. The smallest absolute Gasteiger partial charge is 0.269 e. The third-order valence-corrected chi connectivity index (χ3v) is 11.8. The number of pyridine rings is 1. The van der Waals surface area contributed by atoms with Crippen molar-refractivity contribution in [2.24, 2.45) is 5.73 Å². The first-order valence-electron chi connectivity index (χ1n) is 16.4. The van der Waals surface area contributed by atoms with Crippen LogP contribution in [0.15, 0.2) is 78.0 Å². The number of nitrogens with two attached hydrogens (primary N) is 1. The minimum absolute atomic E-state index is 0.183. The van der Waals surface area contributed by atoms with Crippen LogP contribution in [0.4, 0.5) is 5.69 Å². The highest BCUT2D eigenvalue weighted by Gasteiger charge is 2.27. The fraction of sp³-hybridized carbons (Fsp3) is 0.316. The Morgan fingerprint density at radius 1 is 0.896 bits per heavy atom. The van der Waals surface area contributed by atoms with Crippen molar-refractivity contribution in [2.75, 3.05) is 51.3 Å². The number of aryl methyl sites for hydroxylation is 1. The zero-order valence-corrected chi connectivity index (χ0v) is 28.7. The summed E-state index contributed by atoms with van der Waals surface area (Å²) in [6.45, 7) is 11.2. The summed E-state index contributed by atoms with van der Waals surface area (Å²) in [5, 5.41) is 0.700. The highest BCUT2D eigenvalue weighted by Crippen LogP contribution is 2.40. The Morgan fingerprint density at radius 3 is 2.33 bits per heavy atom. The summed E-state index contributed by atoms with van der Waals surface area (Å²) >= 11 is 0. The summed E-state index contributed by atoms with van der Waals surface area (Å²) in [5.41, 5.74) is 15.0. The maximum atomic E-state index is 14.1. The summed E-state index contributed by atoms with van der Waals surface area (Å²) in [6.07, 6.45) is 4.40. The molecule has 2 saturated heterocycles. The molecule has 0 saturated carbocycles. The number of nitrogens with zero attached hydrogens (tertiary/aromatic N) is 4. The third kappa shape index (κ3) is 5.67. The van der Waals surface area contributed by atoms with Crippen molar-refractivity contribution >= 4 is 32.7 Å². The molecule has 5 aromatic rings. The summed E-state index contributed by atoms with van der Waals surface area (Å²) in [5.74, 6) is -0.194. The molecule has 3 aromatic carbocycles. The number of rotatable bonds is 7. The van der Waals surface area contributed by atoms with E-state index in [1.54, 1.807) is 42.7 Å². The van der Waals surface area contributed by atoms with E-state index in [1.165, 1.54) is 15.2 Å². The molecule has 2 fully saturated rings. The summed E-state index contributed by atoms with van der Waals surface area (Å²) in [7, 11) is -1.81. The topological polar surface area (TPSA) is 111 Å². The van der Waals surface area contributed by atoms with Crippen molar-refractivity contribution in [3.8, 4) is 22.3 Å². The summed E-state index contributed by atoms with van der Waals surface area (Å²) in [6, 6.07) is 19.1. The largest absolute Gasteiger partial charge is 0.381 e. The quantitative estimate of drug-likeness (QED) is 0.231. The van der Waals surface area contributed by atoms with Gasteiger partial charge in [-0.05, 0) is 98.5 Å². The molecule has 4 heterocycles. The van der Waals surface area contributed by atoms with Crippen molar-refractivity contribution in [3.05, 3.63) is 101 Å². The number of piperazine rings is 1. The van der Waals surface area contributed by atoms with E-state index >= 15 is 0 Å². The lowest BCUT2D eigenvalue weighted by Gasteiger charge is -2.36. The highest BCUT2D eigenvalue weighted by atomic mass is 32.2. The number of hydrogen-bond donors (Lipinski definition) is 1. The number of primary amides is 1. The Balaban J connectivity index is 1.40. The molecule has 0 bridgehead atoms. The number of fused-ring (bicyclic) bond motifs is 1. The molecule has 48 heavy (non-hydrogen) atoms. The minimum Gasteiger partial charge on any atom is -0.381 e. The molecule has 1 amide bonds. The minimum atomic E-state index is -3.97. The van der Waals surface area contributed by atoms with Crippen LogP contribution in [0.2, 0.25) is 0 Å². The Morgan fingerprint density at radius 2 is 1.65 bits per heavy atom. The van der Waals surface area contributed by atoms with Crippen LogP contribution in [-0.2, 0) is 14.8 Å². The predicted molar refractivity (Wildman–Crippen MR) is 190 cm³/mol. The fourth-order valence-corrected chi connectivity index (χ4v) is 8.34. The predicted octanol–water partition coefficient (Wildman–Crippen LogP) is 5.89. The molecule has 2 aliphatic heterocycles. The van der Waals surface area contributed by atoms with Gasteiger partial charge in [-0.15, -0.1) is 0 Å². The SMILES string of the molecule is Cc1ccc(S(=O)(=O)n2cc(-c3ccc(C(N)=O)c(C)c3C)c3cc(-c4ccc(N5CCN(C)CC5)c(C5CCOC5)c4)cnc32)cc1. The fourth-order valence-electron chi connectivity index (χ4n) is 7.01. The van der Waals surface area contributed by atoms with Crippen LogP contribution >= 0.6 is 0 Å². The second kappa shape index (κ2) is 12.5. The molecule has 248 valence electrons. The molecule has 10 heteroatoms. The number of aromatic nitrogens is 2. The van der Waals surface area contributed by atoms with E-state index in [0.29, 0.717) is 34.7 Å². The van der Waals surface area contributed by atoms with Crippen LogP contribution in [0.25, 0.3) is 33.3 Å². The van der Waals surface area contributed by atoms with Gasteiger partial charge in [-0.1, -0.05) is 29.8 Å². The second-order valence-corrected chi connectivity index (χ2v) is 15.0. The molecule has 2 N–H and O–H groups in total. The van der Waals surface area contributed by atoms with Crippen LogP contribution in [0.5, 0.6) is 0 Å². The van der Waals surface area contributed by atoms with Crippen LogP contribution in [0.1, 0.15) is 45.0 Å². The van der Waals surface area contributed by atoms with E-state index in [4.69, 9.17) is 15.5 Å². The number of anilines is 1. The van der Waals surface area contributed by atoms with Gasteiger partial charge in [0.05, 0.1) is 11.5 Å². The maximum absolute atomic E-state index is 14.1. The van der Waals surface area contributed by atoms with E-state index < -0.39 is 15.9 Å². The van der Waals surface area contributed by atoms with Gasteiger partial charge in [0, 0.05) is 78.9 Å². The van der Waals surface area contributed by atoms with Crippen molar-refractivity contribution in [2.45, 2.75) is 38.0 Å². The molecule has 0 aliphatic carbocycles. The number of hydrogen-bond acceptors (Lipinski definition) is 7. The van der Waals surface area contributed by atoms with Gasteiger partial charge in [0.25, 0.3) is 10.0 Å². The summed E-state index contributed by atoms with van der Waals surface area (Å²) < 4.78 is 35.3. The van der Waals surface area contributed by atoms with E-state index in [1.807, 2.05) is 32.9 Å². The highest BCUT2D eigenvalue weighted by molar-refractivity contribution is 7.90. The standard InChI is InChI=1S/C38H41N5O4S/c1-24-5-8-30(9-6-24)48(45,46)43-22-35(31-10-11-32(37(39)44)26(3)25(31)2)34-20-29(21-40-38(34)43)27-7-12-36(42-16-14-41(4)15-17-42)33(19-27)28-13-18-47-23-28/h5-12,19-22,28H,13-18,23H2,1-4H3,(H2,39,44). The molecule has 7 rings (SSSR count). The van der Waals surface area contributed by atoms with E-state index in [0.717, 1.165) is 72.6 Å². The van der Waals surface area contributed by atoms with Gasteiger partial charge in [0.15, 0.2) is 5.65 Å². The Labute approximate surface area is 282 Å². The maximum Gasteiger partial charge on any atom is 0.269 e. The Bertz CT molecular complexity index is 2140. The van der Waals surface area contributed by atoms with Crippen LogP contribution in [0, 0.1) is 20.8 Å². The third-order valence-electron chi connectivity index (χ3n) is 10.1.